The van der Waals surface area contributed by atoms with Crippen LogP contribution in [0.3, 0.4) is 0 Å². The van der Waals surface area contributed by atoms with Gasteiger partial charge in [0.2, 0.25) is 0 Å². The smallest absolute Gasteiger partial charge is 0.0471 e. The van der Waals surface area contributed by atoms with Crippen LogP contribution in [0.25, 0.3) is 54.8 Å². The highest BCUT2D eigenvalue weighted by molar-refractivity contribution is 6.10. The molecule has 1 heterocycles. The van der Waals surface area contributed by atoms with Gasteiger partial charge in [0.05, 0.1) is 0 Å². The van der Waals surface area contributed by atoms with E-state index in [2.05, 4.69) is 114 Å². The van der Waals surface area contributed by atoms with Crippen LogP contribution in [-0.4, -0.2) is 4.98 Å². The van der Waals surface area contributed by atoms with E-state index in [9.17, 15) is 0 Å². The number of aromatic nitrogens is 1. The maximum Gasteiger partial charge on any atom is 0.0471 e. The fraction of sp³-hybridized carbons (Fsp3) is 0. The first kappa shape index (κ1) is 16.1. The Hall–Kier alpha value is -3.84. The minimum Gasteiger partial charge on any atom is -0.354 e. The summed E-state index contributed by atoms with van der Waals surface area (Å²) in [5, 5.41) is 5.10. The second-order valence-electron chi connectivity index (χ2n) is 7.54. The average molecular weight is 369 g/mol. The van der Waals surface area contributed by atoms with Gasteiger partial charge < -0.3 is 4.98 Å². The average Bonchev–Trinajstić information content (AvgIpc) is 3.16. The monoisotopic (exact) mass is 369 g/mol. The Morgan fingerprint density at radius 3 is 2.14 bits per heavy atom. The molecule has 0 aliphatic rings. The molecule has 0 saturated carbocycles. The molecule has 1 aromatic heterocycles. The lowest BCUT2D eigenvalue weighted by molar-refractivity contribution is 1.54. The first-order valence-electron chi connectivity index (χ1n) is 9.96. The van der Waals surface area contributed by atoms with Gasteiger partial charge >= 0.3 is 0 Å². The van der Waals surface area contributed by atoms with Gasteiger partial charge in [-0.15, -0.1) is 0 Å². The minimum absolute atomic E-state index is 1.18. The van der Waals surface area contributed by atoms with E-state index in [1.807, 2.05) is 0 Å². The number of hydrogen-bond donors (Lipinski definition) is 1. The predicted molar refractivity (Wildman–Crippen MR) is 124 cm³/mol. The number of nitrogens with one attached hydrogen (secondary N) is 1. The third-order valence-electron chi connectivity index (χ3n) is 5.81. The Kier molecular flexibility index (Phi) is 3.54. The number of H-pyrrole nitrogens is 1. The number of hydrogen-bond acceptors (Lipinski definition) is 0. The van der Waals surface area contributed by atoms with E-state index >= 15 is 0 Å². The molecule has 5 aromatic carbocycles. The zero-order chi connectivity index (χ0) is 19.2. The molecule has 1 heteroatoms. The zero-order valence-corrected chi connectivity index (χ0v) is 15.9. The highest BCUT2D eigenvalue weighted by Crippen LogP contribution is 2.34. The standard InChI is InChI=1S/C28H19N/c1-2-7-19(8-3-1)21-14-16-27-26(17-21)25-15-13-22(18-28(25)29-27)24-12-6-10-20-9-4-5-11-23(20)24/h1-18,29H. The molecule has 6 aromatic rings. The topological polar surface area (TPSA) is 15.8 Å². The molecule has 0 saturated heterocycles. The summed E-state index contributed by atoms with van der Waals surface area (Å²) in [6, 6.07) is 39.1. The lowest BCUT2D eigenvalue weighted by Gasteiger charge is -2.07. The van der Waals surface area contributed by atoms with Gasteiger partial charge in [0.1, 0.15) is 0 Å². The van der Waals surface area contributed by atoms with Crippen LogP contribution in [-0.2, 0) is 0 Å². The Balaban J connectivity index is 1.54. The lowest BCUT2D eigenvalue weighted by Crippen LogP contribution is -1.81. The molecule has 1 nitrogen and oxygen atoms in total. The molecule has 0 aliphatic heterocycles. The van der Waals surface area contributed by atoms with E-state index < -0.39 is 0 Å². The van der Waals surface area contributed by atoms with Gasteiger partial charge in [-0.3, -0.25) is 0 Å². The third kappa shape index (κ3) is 2.63. The number of fused-ring (bicyclic) bond motifs is 4. The van der Waals surface area contributed by atoms with Gasteiger partial charge in [0.15, 0.2) is 0 Å². The van der Waals surface area contributed by atoms with Crippen molar-refractivity contribution in [1.29, 1.82) is 0 Å². The van der Waals surface area contributed by atoms with Gasteiger partial charge in [-0.05, 0) is 51.2 Å². The largest absolute Gasteiger partial charge is 0.354 e. The van der Waals surface area contributed by atoms with E-state index in [4.69, 9.17) is 0 Å². The number of benzene rings is 5. The molecule has 0 amide bonds. The number of rotatable bonds is 2. The Labute approximate surface area is 169 Å². The molecule has 29 heavy (non-hydrogen) atoms. The fourth-order valence-corrected chi connectivity index (χ4v) is 4.36. The van der Waals surface area contributed by atoms with Crippen LogP contribution in [0.1, 0.15) is 0 Å². The summed E-state index contributed by atoms with van der Waals surface area (Å²) in [7, 11) is 0. The number of aromatic amines is 1. The summed E-state index contributed by atoms with van der Waals surface area (Å²) in [6.45, 7) is 0. The van der Waals surface area contributed by atoms with Gasteiger partial charge in [-0.25, -0.2) is 0 Å². The maximum atomic E-state index is 3.61. The van der Waals surface area contributed by atoms with E-state index in [0.29, 0.717) is 0 Å². The second kappa shape index (κ2) is 6.35. The van der Waals surface area contributed by atoms with E-state index in [0.717, 1.165) is 0 Å². The molecule has 0 radical (unpaired) electrons. The van der Waals surface area contributed by atoms with Crippen LogP contribution >= 0.6 is 0 Å². The molecule has 136 valence electrons. The van der Waals surface area contributed by atoms with Crippen molar-refractivity contribution in [2.45, 2.75) is 0 Å². The highest BCUT2D eigenvalue weighted by atomic mass is 14.7. The van der Waals surface area contributed by atoms with Gasteiger partial charge in [0, 0.05) is 21.8 Å². The van der Waals surface area contributed by atoms with Crippen LogP contribution in [0.2, 0.25) is 0 Å². The summed E-state index contributed by atoms with van der Waals surface area (Å²) >= 11 is 0. The lowest BCUT2D eigenvalue weighted by atomic mass is 9.97. The first-order chi connectivity index (χ1) is 14.4. The second-order valence-corrected chi connectivity index (χ2v) is 7.54. The van der Waals surface area contributed by atoms with Crippen LogP contribution in [0, 0.1) is 0 Å². The van der Waals surface area contributed by atoms with Crippen molar-refractivity contribution in [2.75, 3.05) is 0 Å². The highest BCUT2D eigenvalue weighted by Gasteiger charge is 2.09. The van der Waals surface area contributed by atoms with Crippen molar-refractivity contribution in [3.63, 3.8) is 0 Å². The van der Waals surface area contributed by atoms with Crippen LogP contribution < -0.4 is 0 Å². The summed E-state index contributed by atoms with van der Waals surface area (Å²) in [5.74, 6) is 0. The van der Waals surface area contributed by atoms with Crippen molar-refractivity contribution in [1.82, 2.24) is 4.98 Å². The molecule has 0 fully saturated rings. The summed E-state index contributed by atoms with van der Waals surface area (Å²) in [4.78, 5) is 3.61. The Bertz CT molecular complexity index is 1480. The molecular formula is C28H19N. The van der Waals surface area contributed by atoms with Crippen molar-refractivity contribution >= 4 is 32.6 Å². The van der Waals surface area contributed by atoms with E-state index in [1.54, 1.807) is 0 Å². The quantitative estimate of drug-likeness (QED) is 0.320. The van der Waals surface area contributed by atoms with Crippen molar-refractivity contribution in [3.8, 4) is 22.3 Å². The van der Waals surface area contributed by atoms with Crippen LogP contribution in [0.15, 0.2) is 109 Å². The molecule has 0 atom stereocenters. The predicted octanol–water partition coefficient (Wildman–Crippen LogP) is 7.81. The minimum atomic E-state index is 1.18. The molecule has 0 bridgehead atoms. The van der Waals surface area contributed by atoms with Crippen molar-refractivity contribution in [2.24, 2.45) is 0 Å². The summed E-state index contributed by atoms with van der Waals surface area (Å²) in [6.07, 6.45) is 0. The normalized spacial score (nSPS) is 11.4. The Morgan fingerprint density at radius 2 is 1.21 bits per heavy atom. The van der Waals surface area contributed by atoms with E-state index in [1.165, 1.54) is 54.8 Å². The van der Waals surface area contributed by atoms with Crippen molar-refractivity contribution < 1.29 is 0 Å². The molecular weight excluding hydrogens is 350 g/mol. The summed E-state index contributed by atoms with van der Waals surface area (Å²) < 4.78 is 0. The maximum absolute atomic E-state index is 3.61. The van der Waals surface area contributed by atoms with Crippen LogP contribution in [0.5, 0.6) is 0 Å². The SMILES string of the molecule is c1ccc(-c2ccc3[nH]c4cc(-c5cccc6ccccc56)ccc4c3c2)cc1. The summed E-state index contributed by atoms with van der Waals surface area (Å²) in [5.41, 5.74) is 7.36. The third-order valence-corrected chi connectivity index (χ3v) is 5.81. The van der Waals surface area contributed by atoms with Gasteiger partial charge in [0.25, 0.3) is 0 Å². The molecule has 1 N–H and O–H groups in total. The molecule has 6 rings (SSSR count). The molecule has 0 unspecified atom stereocenters. The zero-order valence-electron chi connectivity index (χ0n) is 15.9. The molecule has 0 spiro atoms. The Morgan fingerprint density at radius 1 is 0.414 bits per heavy atom. The first-order valence-corrected chi connectivity index (χ1v) is 9.96. The molecule has 0 aliphatic carbocycles. The van der Waals surface area contributed by atoms with Gasteiger partial charge in [-0.1, -0.05) is 91.0 Å². The van der Waals surface area contributed by atoms with E-state index in [-0.39, 0.29) is 0 Å². The fourth-order valence-electron chi connectivity index (χ4n) is 4.36. The van der Waals surface area contributed by atoms with Crippen LogP contribution in [0.4, 0.5) is 0 Å². The van der Waals surface area contributed by atoms with Crippen molar-refractivity contribution in [3.05, 3.63) is 109 Å². The van der Waals surface area contributed by atoms with Gasteiger partial charge in [-0.2, -0.15) is 0 Å².